The molecule has 2 rings (SSSR count). The number of anilines is 1. The maximum Gasteiger partial charge on any atom is 0.224 e. The number of aryl methyl sites for hydroxylation is 1. The van der Waals surface area contributed by atoms with E-state index in [4.69, 9.17) is 11.6 Å². The van der Waals surface area contributed by atoms with E-state index in [9.17, 15) is 0 Å². The molecule has 0 spiro atoms. The van der Waals surface area contributed by atoms with Gasteiger partial charge >= 0.3 is 0 Å². The van der Waals surface area contributed by atoms with Gasteiger partial charge < -0.3 is 5.32 Å². The topological polar surface area (TPSA) is 41.0 Å². The SMILES string of the molecule is CCN(CCNc1nc(Cl)ncc1C)C1CC1. The van der Waals surface area contributed by atoms with E-state index >= 15 is 0 Å². The first kappa shape index (κ1) is 12.6. The second kappa shape index (κ2) is 5.65. The molecule has 1 aromatic rings. The van der Waals surface area contributed by atoms with Gasteiger partial charge in [0.1, 0.15) is 5.82 Å². The molecule has 1 aliphatic carbocycles. The molecule has 5 heteroatoms. The second-order valence-corrected chi connectivity index (χ2v) is 4.80. The maximum atomic E-state index is 5.77. The fourth-order valence-corrected chi connectivity index (χ4v) is 2.09. The predicted molar refractivity (Wildman–Crippen MR) is 70.5 cm³/mol. The van der Waals surface area contributed by atoms with E-state index in [1.807, 2.05) is 6.92 Å². The Kier molecular flexibility index (Phi) is 4.18. The molecule has 0 radical (unpaired) electrons. The van der Waals surface area contributed by atoms with Crippen molar-refractivity contribution in [3.8, 4) is 0 Å². The smallest absolute Gasteiger partial charge is 0.224 e. The molecule has 1 N–H and O–H groups in total. The normalized spacial score (nSPS) is 15.3. The zero-order chi connectivity index (χ0) is 12.3. The molecule has 0 amide bonds. The largest absolute Gasteiger partial charge is 0.368 e. The average Bonchev–Trinajstić information content (AvgIpc) is 3.13. The monoisotopic (exact) mass is 254 g/mol. The first-order chi connectivity index (χ1) is 8.20. The van der Waals surface area contributed by atoms with Gasteiger partial charge in [0.25, 0.3) is 0 Å². The number of rotatable bonds is 6. The Morgan fingerprint density at radius 1 is 1.53 bits per heavy atom. The highest BCUT2D eigenvalue weighted by Gasteiger charge is 2.27. The van der Waals surface area contributed by atoms with Crippen LogP contribution in [0.5, 0.6) is 0 Å². The Bertz CT molecular complexity index is 379. The molecule has 0 saturated heterocycles. The standard InChI is InChI=1S/C12H19ClN4/c1-3-17(10-4-5-10)7-6-14-11-9(2)8-15-12(13)16-11/h8,10H,3-7H2,1-2H3,(H,14,15,16). The Hall–Kier alpha value is -0.870. The van der Waals surface area contributed by atoms with Crippen LogP contribution in [0.2, 0.25) is 5.28 Å². The van der Waals surface area contributed by atoms with E-state index in [-0.39, 0.29) is 0 Å². The summed E-state index contributed by atoms with van der Waals surface area (Å²) in [5.41, 5.74) is 1.03. The summed E-state index contributed by atoms with van der Waals surface area (Å²) in [5.74, 6) is 0.844. The lowest BCUT2D eigenvalue weighted by Crippen LogP contribution is -2.31. The summed E-state index contributed by atoms with van der Waals surface area (Å²) < 4.78 is 0. The molecule has 0 unspecified atom stereocenters. The van der Waals surface area contributed by atoms with Crippen LogP contribution in [0, 0.1) is 6.92 Å². The summed E-state index contributed by atoms with van der Waals surface area (Å²) in [4.78, 5) is 10.6. The first-order valence-corrected chi connectivity index (χ1v) is 6.55. The highest BCUT2D eigenvalue weighted by Crippen LogP contribution is 2.26. The fourth-order valence-electron chi connectivity index (χ4n) is 1.96. The highest BCUT2D eigenvalue weighted by molar-refractivity contribution is 6.28. The van der Waals surface area contributed by atoms with Crippen LogP contribution in [0.1, 0.15) is 25.3 Å². The van der Waals surface area contributed by atoms with Crippen LogP contribution in [0.15, 0.2) is 6.20 Å². The number of halogens is 1. The van der Waals surface area contributed by atoms with Crippen LogP contribution >= 0.6 is 11.6 Å². The second-order valence-electron chi connectivity index (χ2n) is 4.46. The third-order valence-corrected chi connectivity index (χ3v) is 3.29. The molecule has 0 bridgehead atoms. The molecule has 1 aliphatic rings. The van der Waals surface area contributed by atoms with E-state index in [0.29, 0.717) is 5.28 Å². The van der Waals surface area contributed by atoms with Crippen LogP contribution in [0.3, 0.4) is 0 Å². The Morgan fingerprint density at radius 3 is 2.94 bits per heavy atom. The van der Waals surface area contributed by atoms with Gasteiger partial charge in [0.05, 0.1) is 0 Å². The lowest BCUT2D eigenvalue weighted by molar-refractivity contribution is 0.289. The zero-order valence-corrected chi connectivity index (χ0v) is 11.2. The van der Waals surface area contributed by atoms with Gasteiger partial charge in [-0.15, -0.1) is 0 Å². The molecule has 94 valence electrons. The van der Waals surface area contributed by atoms with Crippen LogP contribution in [0.4, 0.5) is 5.82 Å². The average molecular weight is 255 g/mol. The van der Waals surface area contributed by atoms with Crippen molar-refractivity contribution in [3.05, 3.63) is 17.0 Å². The first-order valence-electron chi connectivity index (χ1n) is 6.17. The van der Waals surface area contributed by atoms with Gasteiger partial charge in [-0.05, 0) is 37.9 Å². The quantitative estimate of drug-likeness (QED) is 0.792. The molecular formula is C12H19ClN4. The van der Waals surface area contributed by atoms with Crippen molar-refractivity contribution >= 4 is 17.4 Å². The summed E-state index contributed by atoms with van der Waals surface area (Å²) in [6.45, 7) is 7.28. The van der Waals surface area contributed by atoms with Crippen molar-refractivity contribution in [2.24, 2.45) is 0 Å². The number of nitrogens with one attached hydrogen (secondary N) is 1. The Balaban J connectivity index is 1.82. The molecule has 0 atom stereocenters. The van der Waals surface area contributed by atoms with Crippen molar-refractivity contribution in [2.75, 3.05) is 25.0 Å². The maximum absolute atomic E-state index is 5.77. The van der Waals surface area contributed by atoms with Gasteiger partial charge in [0.15, 0.2) is 0 Å². The minimum Gasteiger partial charge on any atom is -0.368 e. The Morgan fingerprint density at radius 2 is 2.29 bits per heavy atom. The summed E-state index contributed by atoms with van der Waals surface area (Å²) in [6, 6.07) is 0.817. The lowest BCUT2D eigenvalue weighted by atomic mass is 10.3. The molecule has 0 aromatic carbocycles. The molecule has 17 heavy (non-hydrogen) atoms. The summed E-state index contributed by atoms with van der Waals surface area (Å²) in [6.07, 6.45) is 4.45. The molecule has 1 heterocycles. The van der Waals surface area contributed by atoms with Gasteiger partial charge in [0.2, 0.25) is 5.28 Å². The number of aromatic nitrogens is 2. The molecule has 1 aromatic heterocycles. The van der Waals surface area contributed by atoms with Crippen molar-refractivity contribution in [3.63, 3.8) is 0 Å². The lowest BCUT2D eigenvalue weighted by Gasteiger charge is -2.20. The van der Waals surface area contributed by atoms with E-state index in [1.54, 1.807) is 6.20 Å². The number of nitrogens with zero attached hydrogens (tertiary/aromatic N) is 3. The summed E-state index contributed by atoms with van der Waals surface area (Å²) >= 11 is 5.77. The number of hydrogen-bond donors (Lipinski definition) is 1. The number of hydrogen-bond acceptors (Lipinski definition) is 4. The van der Waals surface area contributed by atoms with Crippen molar-refractivity contribution in [1.82, 2.24) is 14.9 Å². The summed E-state index contributed by atoms with van der Waals surface area (Å²) in [7, 11) is 0. The van der Waals surface area contributed by atoms with Crippen molar-refractivity contribution in [1.29, 1.82) is 0 Å². The highest BCUT2D eigenvalue weighted by atomic mass is 35.5. The van der Waals surface area contributed by atoms with Crippen LogP contribution < -0.4 is 5.32 Å². The van der Waals surface area contributed by atoms with Crippen LogP contribution in [0.25, 0.3) is 0 Å². The van der Waals surface area contributed by atoms with Gasteiger partial charge in [-0.25, -0.2) is 9.97 Å². The van der Waals surface area contributed by atoms with E-state index in [2.05, 4.69) is 27.1 Å². The van der Waals surface area contributed by atoms with Gasteiger partial charge in [-0.3, -0.25) is 4.90 Å². The Labute approximate surface area is 107 Å². The zero-order valence-electron chi connectivity index (χ0n) is 10.4. The van der Waals surface area contributed by atoms with Gasteiger partial charge in [-0.1, -0.05) is 6.92 Å². The molecule has 1 fully saturated rings. The van der Waals surface area contributed by atoms with Crippen LogP contribution in [-0.2, 0) is 0 Å². The van der Waals surface area contributed by atoms with Gasteiger partial charge in [0, 0.05) is 30.9 Å². The molecule has 1 saturated carbocycles. The van der Waals surface area contributed by atoms with E-state index in [1.165, 1.54) is 12.8 Å². The van der Waals surface area contributed by atoms with Crippen LogP contribution in [-0.4, -0.2) is 40.5 Å². The van der Waals surface area contributed by atoms with E-state index < -0.39 is 0 Å². The van der Waals surface area contributed by atoms with Crippen molar-refractivity contribution < 1.29 is 0 Å². The van der Waals surface area contributed by atoms with Crippen molar-refractivity contribution in [2.45, 2.75) is 32.7 Å². The fraction of sp³-hybridized carbons (Fsp3) is 0.667. The van der Waals surface area contributed by atoms with Gasteiger partial charge in [-0.2, -0.15) is 0 Å². The molecule has 4 nitrogen and oxygen atoms in total. The minimum absolute atomic E-state index is 0.299. The number of likely N-dealkylation sites (N-methyl/N-ethyl adjacent to an activating group) is 1. The molecule has 0 aliphatic heterocycles. The van der Waals surface area contributed by atoms with E-state index in [0.717, 1.165) is 37.1 Å². The summed E-state index contributed by atoms with van der Waals surface area (Å²) in [5, 5.41) is 3.62. The third kappa shape index (κ3) is 3.54. The molecular weight excluding hydrogens is 236 g/mol. The predicted octanol–water partition coefficient (Wildman–Crippen LogP) is 2.33. The minimum atomic E-state index is 0.299. The third-order valence-electron chi connectivity index (χ3n) is 3.10.